The molecule has 18 heavy (non-hydrogen) atoms. The maximum atomic E-state index is 11.7. The molecule has 0 radical (unpaired) electrons. The molecule has 0 aliphatic heterocycles. The highest BCUT2D eigenvalue weighted by molar-refractivity contribution is 5.92. The lowest BCUT2D eigenvalue weighted by Gasteiger charge is -2.10. The van der Waals surface area contributed by atoms with Crippen molar-refractivity contribution in [1.82, 2.24) is 20.2 Å². The predicted octanol–water partition coefficient (Wildman–Crippen LogP) is 0.366. The van der Waals surface area contributed by atoms with E-state index in [0.29, 0.717) is 18.2 Å². The van der Waals surface area contributed by atoms with Crippen LogP contribution in [0.25, 0.3) is 0 Å². The molecule has 0 bridgehead atoms. The van der Waals surface area contributed by atoms with Gasteiger partial charge >= 0.3 is 0 Å². The highest BCUT2D eigenvalue weighted by Gasteiger charge is 2.07. The molecule has 0 spiro atoms. The number of nitrogens with zero attached hydrogens (tertiary/aromatic N) is 3. The molecule has 1 aromatic heterocycles. The van der Waals surface area contributed by atoms with E-state index in [9.17, 15) is 4.79 Å². The van der Waals surface area contributed by atoms with Crippen LogP contribution < -0.4 is 10.6 Å². The second-order valence-electron chi connectivity index (χ2n) is 3.99. The number of hydrogen-bond acceptors (Lipinski definition) is 5. The van der Waals surface area contributed by atoms with Gasteiger partial charge in [0, 0.05) is 25.8 Å². The highest BCUT2D eigenvalue weighted by atomic mass is 16.1. The van der Waals surface area contributed by atoms with Gasteiger partial charge in [-0.2, -0.15) is 0 Å². The maximum Gasteiger partial charge on any atom is 0.270 e. The lowest BCUT2D eigenvalue weighted by Crippen LogP contribution is -2.25. The first-order valence-electron chi connectivity index (χ1n) is 5.74. The number of nitrogens with one attached hydrogen (secondary N) is 2. The zero-order valence-electron chi connectivity index (χ0n) is 10.8. The molecule has 6 nitrogen and oxygen atoms in total. The SMILES string of the molecule is C=CCNC(=O)c1ccnc(NCCN(C)C)n1. The highest BCUT2D eigenvalue weighted by Crippen LogP contribution is 2.00. The van der Waals surface area contributed by atoms with Crippen LogP contribution in [0.15, 0.2) is 24.9 Å². The van der Waals surface area contributed by atoms with Crippen molar-refractivity contribution in [1.29, 1.82) is 0 Å². The largest absolute Gasteiger partial charge is 0.353 e. The molecule has 0 saturated heterocycles. The molecule has 1 aromatic rings. The van der Waals surface area contributed by atoms with Crippen LogP contribution in [0.2, 0.25) is 0 Å². The summed E-state index contributed by atoms with van der Waals surface area (Å²) >= 11 is 0. The number of carbonyl (C=O) groups is 1. The van der Waals surface area contributed by atoms with Crippen molar-refractivity contribution in [2.24, 2.45) is 0 Å². The maximum absolute atomic E-state index is 11.7. The van der Waals surface area contributed by atoms with Gasteiger partial charge in [0.15, 0.2) is 0 Å². The first-order chi connectivity index (χ1) is 8.63. The average Bonchev–Trinajstić information content (AvgIpc) is 2.36. The van der Waals surface area contributed by atoms with Crippen molar-refractivity contribution in [3.63, 3.8) is 0 Å². The van der Waals surface area contributed by atoms with Crippen LogP contribution >= 0.6 is 0 Å². The van der Waals surface area contributed by atoms with E-state index in [-0.39, 0.29) is 5.91 Å². The number of rotatable bonds is 7. The van der Waals surface area contributed by atoms with E-state index in [2.05, 4.69) is 27.2 Å². The summed E-state index contributed by atoms with van der Waals surface area (Å²) in [6.45, 7) is 5.56. The van der Waals surface area contributed by atoms with E-state index in [4.69, 9.17) is 0 Å². The van der Waals surface area contributed by atoms with Gasteiger partial charge in [0.25, 0.3) is 5.91 Å². The zero-order valence-corrected chi connectivity index (χ0v) is 10.8. The number of amides is 1. The third-order valence-electron chi connectivity index (χ3n) is 2.14. The van der Waals surface area contributed by atoms with Gasteiger partial charge < -0.3 is 15.5 Å². The van der Waals surface area contributed by atoms with Gasteiger partial charge in [0.05, 0.1) is 0 Å². The topological polar surface area (TPSA) is 70.2 Å². The summed E-state index contributed by atoms with van der Waals surface area (Å²) in [5, 5.41) is 5.73. The van der Waals surface area contributed by atoms with Crippen LogP contribution in [0, 0.1) is 0 Å². The molecule has 0 saturated carbocycles. The minimum atomic E-state index is -0.229. The number of carbonyl (C=O) groups excluding carboxylic acids is 1. The molecule has 2 N–H and O–H groups in total. The Morgan fingerprint density at radius 2 is 2.33 bits per heavy atom. The van der Waals surface area contributed by atoms with Gasteiger partial charge in [-0.15, -0.1) is 6.58 Å². The average molecular weight is 249 g/mol. The van der Waals surface area contributed by atoms with E-state index < -0.39 is 0 Å². The van der Waals surface area contributed by atoms with Crippen LogP contribution in [0.3, 0.4) is 0 Å². The standard InChI is InChI=1S/C12H19N5O/c1-4-6-13-11(18)10-5-7-14-12(16-10)15-8-9-17(2)3/h4-5,7H,1,6,8-9H2,2-3H3,(H,13,18)(H,14,15,16). The molecule has 0 unspecified atom stereocenters. The van der Waals surface area contributed by atoms with Crippen molar-refractivity contribution < 1.29 is 4.79 Å². The van der Waals surface area contributed by atoms with Crippen LogP contribution in [-0.2, 0) is 0 Å². The minimum Gasteiger partial charge on any atom is -0.353 e. The Kier molecular flexibility index (Phi) is 5.79. The Morgan fingerprint density at radius 1 is 1.56 bits per heavy atom. The Bertz CT molecular complexity index is 405. The fourth-order valence-electron chi connectivity index (χ4n) is 1.22. The Hall–Kier alpha value is -1.95. The first kappa shape index (κ1) is 14.1. The van der Waals surface area contributed by atoms with Gasteiger partial charge in [-0.1, -0.05) is 6.08 Å². The van der Waals surface area contributed by atoms with Crippen LogP contribution in [0.1, 0.15) is 10.5 Å². The monoisotopic (exact) mass is 249 g/mol. The van der Waals surface area contributed by atoms with Crippen molar-refractivity contribution in [3.8, 4) is 0 Å². The molecule has 1 heterocycles. The fourth-order valence-corrected chi connectivity index (χ4v) is 1.22. The van der Waals surface area contributed by atoms with Crippen LogP contribution in [0.4, 0.5) is 5.95 Å². The third kappa shape index (κ3) is 4.92. The number of likely N-dealkylation sites (N-methyl/N-ethyl adjacent to an activating group) is 1. The molecule has 98 valence electrons. The first-order valence-corrected chi connectivity index (χ1v) is 5.74. The van der Waals surface area contributed by atoms with E-state index in [1.165, 1.54) is 0 Å². The molecule has 1 rings (SSSR count). The van der Waals surface area contributed by atoms with Gasteiger partial charge in [0.1, 0.15) is 5.69 Å². The molecule has 1 amide bonds. The van der Waals surface area contributed by atoms with Crippen molar-refractivity contribution in [3.05, 3.63) is 30.6 Å². The molecule has 0 aromatic carbocycles. The van der Waals surface area contributed by atoms with Crippen molar-refractivity contribution in [2.45, 2.75) is 0 Å². The normalized spacial score (nSPS) is 10.2. The molecule has 0 aliphatic rings. The molecule has 0 aliphatic carbocycles. The second-order valence-corrected chi connectivity index (χ2v) is 3.99. The van der Waals surface area contributed by atoms with E-state index in [1.54, 1.807) is 18.3 Å². The van der Waals surface area contributed by atoms with Crippen LogP contribution in [0.5, 0.6) is 0 Å². The summed E-state index contributed by atoms with van der Waals surface area (Å²) in [7, 11) is 3.98. The lowest BCUT2D eigenvalue weighted by molar-refractivity contribution is 0.0953. The van der Waals surface area contributed by atoms with Gasteiger partial charge in [-0.05, 0) is 20.2 Å². The zero-order chi connectivity index (χ0) is 13.4. The molecular weight excluding hydrogens is 230 g/mol. The lowest BCUT2D eigenvalue weighted by atomic mass is 10.4. The van der Waals surface area contributed by atoms with Crippen molar-refractivity contribution >= 4 is 11.9 Å². The smallest absolute Gasteiger partial charge is 0.270 e. The van der Waals surface area contributed by atoms with E-state index in [0.717, 1.165) is 13.1 Å². The van der Waals surface area contributed by atoms with Gasteiger partial charge in [-0.25, -0.2) is 9.97 Å². The predicted molar refractivity (Wildman–Crippen MR) is 71.6 cm³/mol. The molecule has 6 heteroatoms. The van der Waals surface area contributed by atoms with Gasteiger partial charge in [-0.3, -0.25) is 4.79 Å². The number of hydrogen-bond donors (Lipinski definition) is 2. The summed E-state index contributed by atoms with van der Waals surface area (Å²) < 4.78 is 0. The third-order valence-corrected chi connectivity index (χ3v) is 2.14. The second kappa shape index (κ2) is 7.39. The number of aromatic nitrogens is 2. The summed E-state index contributed by atoms with van der Waals surface area (Å²) in [5.74, 6) is 0.232. The van der Waals surface area contributed by atoms with E-state index >= 15 is 0 Å². The van der Waals surface area contributed by atoms with Crippen LogP contribution in [-0.4, -0.2) is 54.5 Å². The molecule has 0 fully saturated rings. The Balaban J connectivity index is 2.55. The fraction of sp³-hybridized carbons (Fsp3) is 0.417. The van der Waals surface area contributed by atoms with E-state index in [1.807, 2.05) is 19.0 Å². The van der Waals surface area contributed by atoms with Gasteiger partial charge in [0.2, 0.25) is 5.95 Å². The molecular formula is C12H19N5O. The quantitative estimate of drug-likeness (QED) is 0.683. The summed E-state index contributed by atoms with van der Waals surface area (Å²) in [6, 6.07) is 1.58. The minimum absolute atomic E-state index is 0.229. The Morgan fingerprint density at radius 3 is 3.00 bits per heavy atom. The number of anilines is 1. The summed E-state index contributed by atoms with van der Waals surface area (Å²) in [5.41, 5.74) is 0.346. The van der Waals surface area contributed by atoms with Crippen molar-refractivity contribution in [2.75, 3.05) is 39.0 Å². The Labute approximate surface area is 107 Å². The summed E-state index contributed by atoms with van der Waals surface area (Å²) in [4.78, 5) is 21.9. The molecule has 0 atom stereocenters. The summed E-state index contributed by atoms with van der Waals surface area (Å²) in [6.07, 6.45) is 3.18.